The molecule has 1 aliphatic heterocycles. The summed E-state index contributed by atoms with van der Waals surface area (Å²) in [6.07, 6.45) is 12.4. The van der Waals surface area contributed by atoms with Gasteiger partial charge in [-0.3, -0.25) is 0 Å². The van der Waals surface area contributed by atoms with Gasteiger partial charge in [0.15, 0.2) is 0 Å². The smallest absolute Gasteiger partial charge is 0.0682 e. The Kier molecular flexibility index (Phi) is 6.93. The Labute approximate surface area is 159 Å². The predicted octanol–water partition coefficient (Wildman–Crippen LogP) is 5.08. The Hall–Kier alpha value is -1.58. The molecule has 1 aliphatic carbocycles. The molecule has 0 aromatic heterocycles. The maximum atomic E-state index is 5.24. The van der Waals surface area contributed by atoms with Crippen LogP contribution in [0.25, 0.3) is 5.70 Å². The van der Waals surface area contributed by atoms with Gasteiger partial charge in [0.25, 0.3) is 0 Å². The lowest BCUT2D eigenvalue weighted by atomic mass is 9.84. The third kappa shape index (κ3) is 4.57. The Morgan fingerprint density at radius 1 is 1.31 bits per heavy atom. The standard InChI is InChI=1S/C23H34N2O/c1-4-22(11-8-14-26-24-3)25-17-21-16-20(12-13-23(21)18(25)2)15-19-9-6-5-7-10-19/h4,12-13,16,19,22,24H,1-2,5-11,14-15,17H2,3H3. The monoisotopic (exact) mass is 354 g/mol. The summed E-state index contributed by atoms with van der Waals surface area (Å²) < 4.78 is 0. The minimum absolute atomic E-state index is 0.317. The molecule has 1 N–H and O–H groups in total. The number of nitrogens with one attached hydrogen (secondary N) is 1. The number of hydroxylamine groups is 1. The first-order valence-electron chi connectivity index (χ1n) is 10.2. The fraction of sp³-hybridized carbons (Fsp3) is 0.565. The first-order valence-corrected chi connectivity index (χ1v) is 10.2. The molecule has 1 fully saturated rings. The molecule has 1 saturated carbocycles. The molecule has 1 heterocycles. The van der Waals surface area contributed by atoms with Crippen molar-refractivity contribution in [1.29, 1.82) is 0 Å². The molecule has 2 aliphatic rings. The lowest BCUT2D eigenvalue weighted by Gasteiger charge is -2.28. The number of fused-ring (bicyclic) bond motifs is 1. The number of hydrogen-bond donors (Lipinski definition) is 1. The van der Waals surface area contributed by atoms with Crippen LogP contribution in [0.2, 0.25) is 0 Å². The van der Waals surface area contributed by atoms with Crippen LogP contribution in [0, 0.1) is 5.92 Å². The Balaban J connectivity index is 1.62. The van der Waals surface area contributed by atoms with Crippen LogP contribution < -0.4 is 5.48 Å². The van der Waals surface area contributed by atoms with Crippen LogP contribution in [-0.2, 0) is 17.8 Å². The van der Waals surface area contributed by atoms with Crippen molar-refractivity contribution in [3.63, 3.8) is 0 Å². The molecule has 142 valence electrons. The Bertz CT molecular complexity index is 619. The number of hydrogen-bond acceptors (Lipinski definition) is 3. The summed E-state index contributed by atoms with van der Waals surface area (Å²) in [5.74, 6) is 0.885. The molecule has 0 amide bonds. The topological polar surface area (TPSA) is 24.5 Å². The number of benzene rings is 1. The molecule has 1 atom stereocenters. The normalized spacial score (nSPS) is 18.8. The Morgan fingerprint density at radius 3 is 2.85 bits per heavy atom. The van der Waals surface area contributed by atoms with Gasteiger partial charge >= 0.3 is 0 Å². The highest BCUT2D eigenvalue weighted by atomic mass is 16.6. The minimum Gasteiger partial charge on any atom is -0.361 e. The molecule has 0 radical (unpaired) electrons. The molecule has 0 saturated heterocycles. The van der Waals surface area contributed by atoms with E-state index >= 15 is 0 Å². The molecule has 0 bridgehead atoms. The lowest BCUT2D eigenvalue weighted by molar-refractivity contribution is 0.0532. The van der Waals surface area contributed by atoms with Crippen molar-refractivity contribution in [1.82, 2.24) is 10.4 Å². The second-order valence-electron chi connectivity index (χ2n) is 7.77. The van der Waals surface area contributed by atoms with Gasteiger partial charge in [-0.1, -0.05) is 63.0 Å². The second kappa shape index (κ2) is 9.38. The highest BCUT2D eigenvalue weighted by molar-refractivity contribution is 5.69. The van der Waals surface area contributed by atoms with Gasteiger partial charge in [0.1, 0.15) is 0 Å². The zero-order valence-corrected chi connectivity index (χ0v) is 16.3. The molecule has 1 aromatic rings. The molecular weight excluding hydrogens is 320 g/mol. The van der Waals surface area contributed by atoms with E-state index in [2.05, 4.69) is 47.8 Å². The number of rotatable bonds is 9. The minimum atomic E-state index is 0.317. The van der Waals surface area contributed by atoms with Crippen LogP contribution in [-0.4, -0.2) is 24.6 Å². The van der Waals surface area contributed by atoms with Crippen LogP contribution in [0.15, 0.2) is 37.4 Å². The third-order valence-electron chi connectivity index (χ3n) is 5.98. The van der Waals surface area contributed by atoms with E-state index in [1.807, 2.05) is 0 Å². The molecule has 1 aromatic carbocycles. The highest BCUT2D eigenvalue weighted by Crippen LogP contribution is 2.36. The summed E-state index contributed by atoms with van der Waals surface area (Å²) in [6, 6.07) is 7.36. The predicted molar refractivity (Wildman–Crippen MR) is 110 cm³/mol. The number of nitrogens with zero attached hydrogens (tertiary/aromatic N) is 1. The van der Waals surface area contributed by atoms with E-state index in [0.717, 1.165) is 37.6 Å². The van der Waals surface area contributed by atoms with Crippen LogP contribution in [0.5, 0.6) is 0 Å². The van der Waals surface area contributed by atoms with Crippen molar-refractivity contribution in [3.8, 4) is 0 Å². The summed E-state index contributed by atoms with van der Waals surface area (Å²) in [4.78, 5) is 7.65. The van der Waals surface area contributed by atoms with Gasteiger partial charge in [0.2, 0.25) is 0 Å². The molecule has 0 spiro atoms. The van der Waals surface area contributed by atoms with E-state index in [4.69, 9.17) is 4.84 Å². The second-order valence-corrected chi connectivity index (χ2v) is 7.77. The van der Waals surface area contributed by atoms with Gasteiger partial charge in [0.05, 0.1) is 6.61 Å². The average molecular weight is 355 g/mol. The van der Waals surface area contributed by atoms with Crippen LogP contribution in [0.1, 0.15) is 61.6 Å². The Morgan fingerprint density at radius 2 is 2.12 bits per heavy atom. The van der Waals surface area contributed by atoms with E-state index < -0.39 is 0 Å². The van der Waals surface area contributed by atoms with Gasteiger partial charge in [-0.15, -0.1) is 6.58 Å². The van der Waals surface area contributed by atoms with Crippen LogP contribution in [0.3, 0.4) is 0 Å². The highest BCUT2D eigenvalue weighted by Gasteiger charge is 2.27. The maximum Gasteiger partial charge on any atom is 0.0682 e. The summed E-state index contributed by atoms with van der Waals surface area (Å²) in [7, 11) is 1.80. The molecule has 1 unspecified atom stereocenters. The molecular formula is C23H34N2O. The van der Waals surface area contributed by atoms with Crippen molar-refractivity contribution in [2.45, 2.75) is 64.0 Å². The van der Waals surface area contributed by atoms with Gasteiger partial charge in [-0.05, 0) is 36.3 Å². The molecule has 26 heavy (non-hydrogen) atoms. The average Bonchev–Trinajstić information content (AvgIpc) is 2.99. The van der Waals surface area contributed by atoms with Crippen molar-refractivity contribution < 1.29 is 4.84 Å². The van der Waals surface area contributed by atoms with Crippen molar-refractivity contribution in [2.24, 2.45) is 5.92 Å². The first-order chi connectivity index (χ1) is 12.7. The van der Waals surface area contributed by atoms with E-state index in [1.54, 1.807) is 7.05 Å². The van der Waals surface area contributed by atoms with Crippen LogP contribution in [0.4, 0.5) is 0 Å². The lowest BCUT2D eigenvalue weighted by Crippen LogP contribution is -2.28. The summed E-state index contributed by atoms with van der Waals surface area (Å²) in [5.41, 5.74) is 8.13. The summed E-state index contributed by atoms with van der Waals surface area (Å²) in [6.45, 7) is 10.1. The molecule has 3 nitrogen and oxygen atoms in total. The van der Waals surface area contributed by atoms with Gasteiger partial charge in [-0.2, -0.15) is 0 Å². The van der Waals surface area contributed by atoms with E-state index in [-0.39, 0.29) is 0 Å². The maximum absolute atomic E-state index is 5.24. The fourth-order valence-corrected chi connectivity index (χ4v) is 4.53. The molecule has 3 heteroatoms. The van der Waals surface area contributed by atoms with Gasteiger partial charge in [-0.25, -0.2) is 5.48 Å². The SMILES string of the molecule is C=CC(CCCONC)N1Cc2cc(CC3CCCCC3)ccc2C1=C. The summed E-state index contributed by atoms with van der Waals surface area (Å²) >= 11 is 0. The zero-order chi connectivity index (χ0) is 18.4. The fourth-order valence-electron chi connectivity index (χ4n) is 4.53. The van der Waals surface area contributed by atoms with E-state index in [0.29, 0.717) is 6.04 Å². The van der Waals surface area contributed by atoms with Crippen molar-refractivity contribution in [2.75, 3.05) is 13.7 Å². The largest absolute Gasteiger partial charge is 0.361 e. The zero-order valence-electron chi connectivity index (χ0n) is 16.3. The quantitative estimate of drug-likeness (QED) is 0.380. The first kappa shape index (κ1) is 19.2. The van der Waals surface area contributed by atoms with Crippen LogP contribution >= 0.6 is 0 Å². The van der Waals surface area contributed by atoms with Gasteiger partial charge < -0.3 is 9.74 Å². The summed E-state index contributed by atoms with van der Waals surface area (Å²) in [5, 5.41) is 0. The molecule has 3 rings (SSSR count). The van der Waals surface area contributed by atoms with Gasteiger partial charge in [0, 0.05) is 30.9 Å². The third-order valence-corrected chi connectivity index (χ3v) is 5.98. The van der Waals surface area contributed by atoms with E-state index in [1.165, 1.54) is 55.2 Å². The van der Waals surface area contributed by atoms with Crippen molar-refractivity contribution >= 4 is 5.70 Å². The van der Waals surface area contributed by atoms with Crippen molar-refractivity contribution in [3.05, 3.63) is 54.1 Å². The van der Waals surface area contributed by atoms with E-state index in [9.17, 15) is 0 Å².